The molecule has 1 aromatic carbocycles. The minimum absolute atomic E-state index is 0.0185. The first-order valence-electron chi connectivity index (χ1n) is 12.7. The van der Waals surface area contributed by atoms with Crippen molar-refractivity contribution in [2.24, 2.45) is 5.41 Å². The number of carbonyl (C=O) groups is 1. The van der Waals surface area contributed by atoms with Crippen LogP contribution in [0.2, 0.25) is 0 Å². The largest absolute Gasteiger partial charge is 0.486 e. The van der Waals surface area contributed by atoms with Crippen LogP contribution in [0.1, 0.15) is 66.2 Å². The second-order valence-electron chi connectivity index (χ2n) is 10.2. The second-order valence-corrected chi connectivity index (χ2v) is 10.2. The summed E-state index contributed by atoms with van der Waals surface area (Å²) in [7, 11) is 0. The fourth-order valence-corrected chi connectivity index (χ4v) is 5.47. The van der Waals surface area contributed by atoms with E-state index in [-0.39, 0.29) is 39.5 Å². The normalized spacial score (nSPS) is 21.0. The number of hydrogen-bond acceptors (Lipinski definition) is 6. The monoisotopic (exact) mass is 530 g/mol. The van der Waals surface area contributed by atoms with Gasteiger partial charge in [-0.3, -0.25) is 9.59 Å². The maximum absolute atomic E-state index is 13.8. The highest BCUT2D eigenvalue weighted by Crippen LogP contribution is 2.38. The predicted molar refractivity (Wildman–Crippen MR) is 133 cm³/mol. The maximum Gasteiger partial charge on any atom is 0.433 e. The Kier molecular flexibility index (Phi) is 6.89. The molecule has 2 aliphatic heterocycles. The van der Waals surface area contributed by atoms with E-state index in [2.05, 4.69) is 15.0 Å². The van der Waals surface area contributed by atoms with Crippen molar-refractivity contribution >= 4 is 16.9 Å². The number of aromatic amines is 1. The first-order chi connectivity index (χ1) is 18.0. The molecule has 2 aliphatic rings. The van der Waals surface area contributed by atoms with Crippen LogP contribution in [-0.4, -0.2) is 52.1 Å². The van der Waals surface area contributed by atoms with E-state index in [4.69, 9.17) is 9.47 Å². The van der Waals surface area contributed by atoms with E-state index in [1.807, 2.05) is 4.90 Å². The fourth-order valence-electron chi connectivity index (χ4n) is 5.47. The predicted octanol–water partition coefficient (Wildman–Crippen LogP) is 4.82. The quantitative estimate of drug-likeness (QED) is 0.520. The molecular weight excluding hydrogens is 501 g/mol. The Bertz CT molecular complexity index is 1390. The lowest BCUT2D eigenvalue weighted by Crippen LogP contribution is -2.49. The number of ether oxygens (including phenoxy) is 2. The minimum atomic E-state index is -4.77. The van der Waals surface area contributed by atoms with Gasteiger partial charge in [-0.05, 0) is 69.9 Å². The van der Waals surface area contributed by atoms with Gasteiger partial charge in [0.05, 0.1) is 12.0 Å². The Labute approximate surface area is 217 Å². The molecule has 5 rings (SSSR count). The molecule has 1 N–H and O–H groups in total. The van der Waals surface area contributed by atoms with Crippen LogP contribution in [0.5, 0.6) is 5.75 Å². The molecule has 38 heavy (non-hydrogen) atoms. The van der Waals surface area contributed by atoms with E-state index in [0.29, 0.717) is 25.3 Å². The summed E-state index contributed by atoms with van der Waals surface area (Å²) in [6, 6.07) is 7.48. The Balaban J connectivity index is 1.35. The third-order valence-electron chi connectivity index (χ3n) is 7.32. The van der Waals surface area contributed by atoms with Gasteiger partial charge < -0.3 is 19.4 Å². The van der Waals surface area contributed by atoms with Crippen molar-refractivity contribution in [3.8, 4) is 5.75 Å². The number of carbonyl (C=O) groups excluding carboxylic acids is 1. The van der Waals surface area contributed by atoms with E-state index in [9.17, 15) is 22.8 Å². The van der Waals surface area contributed by atoms with E-state index in [0.717, 1.165) is 38.4 Å². The lowest BCUT2D eigenvalue weighted by atomic mass is 9.76. The molecule has 0 saturated carbocycles. The van der Waals surface area contributed by atoms with Gasteiger partial charge in [0.25, 0.3) is 11.5 Å². The molecule has 1 amide bonds. The van der Waals surface area contributed by atoms with Crippen LogP contribution in [0.15, 0.2) is 35.1 Å². The molecule has 8 nitrogen and oxygen atoms in total. The first-order valence-corrected chi connectivity index (χ1v) is 12.7. The summed E-state index contributed by atoms with van der Waals surface area (Å²) >= 11 is 0. The van der Waals surface area contributed by atoms with Gasteiger partial charge in [-0.25, -0.2) is 9.97 Å². The number of amides is 1. The Morgan fingerprint density at radius 3 is 2.61 bits per heavy atom. The molecule has 4 heterocycles. The number of hydrogen-bond donors (Lipinski definition) is 1. The lowest BCUT2D eigenvalue weighted by molar-refractivity contribution is -0.142. The number of benzene rings is 1. The molecule has 2 unspecified atom stereocenters. The topological polar surface area (TPSA) is 97.4 Å². The van der Waals surface area contributed by atoms with Crippen molar-refractivity contribution in [2.45, 2.75) is 51.8 Å². The summed E-state index contributed by atoms with van der Waals surface area (Å²) < 4.78 is 53.0. The Morgan fingerprint density at radius 2 is 1.92 bits per heavy atom. The number of aromatic nitrogens is 3. The van der Waals surface area contributed by atoms with Crippen molar-refractivity contribution in [3.05, 3.63) is 63.3 Å². The average Bonchev–Trinajstić information content (AvgIpc) is 2.88. The third kappa shape index (κ3) is 5.24. The van der Waals surface area contributed by atoms with Crippen molar-refractivity contribution in [2.75, 3.05) is 26.3 Å². The van der Waals surface area contributed by atoms with Crippen LogP contribution in [0.25, 0.3) is 11.0 Å². The number of nitrogens with zero attached hydrogens (tertiary/aromatic N) is 3. The molecule has 0 aliphatic carbocycles. The number of alkyl halides is 3. The van der Waals surface area contributed by atoms with Gasteiger partial charge in [0.1, 0.15) is 17.7 Å². The van der Waals surface area contributed by atoms with E-state index in [1.165, 1.54) is 13.8 Å². The number of likely N-dealkylation sites (tertiary alicyclic amines) is 1. The average molecular weight is 531 g/mol. The molecule has 3 aromatic rings. The van der Waals surface area contributed by atoms with Gasteiger partial charge in [0, 0.05) is 36.2 Å². The van der Waals surface area contributed by atoms with Crippen LogP contribution in [0.4, 0.5) is 13.2 Å². The molecule has 202 valence electrons. The van der Waals surface area contributed by atoms with Gasteiger partial charge in [-0.15, -0.1) is 0 Å². The molecule has 1 spiro atoms. The van der Waals surface area contributed by atoms with Crippen molar-refractivity contribution < 1.29 is 27.4 Å². The Morgan fingerprint density at radius 1 is 1.18 bits per heavy atom. The van der Waals surface area contributed by atoms with Crippen LogP contribution in [-0.2, 0) is 10.9 Å². The molecule has 2 saturated heterocycles. The zero-order chi connectivity index (χ0) is 27.1. The molecule has 0 bridgehead atoms. The molecule has 2 atom stereocenters. The van der Waals surface area contributed by atoms with Crippen LogP contribution >= 0.6 is 0 Å². The number of fused-ring (bicyclic) bond motifs is 1. The zero-order valence-electron chi connectivity index (χ0n) is 21.2. The molecular formula is C27H29F3N4O4. The minimum Gasteiger partial charge on any atom is -0.486 e. The summed E-state index contributed by atoms with van der Waals surface area (Å²) in [5, 5.41) is -0.0577. The van der Waals surface area contributed by atoms with E-state index < -0.39 is 23.5 Å². The van der Waals surface area contributed by atoms with Crippen molar-refractivity contribution in [1.29, 1.82) is 0 Å². The summed E-state index contributed by atoms with van der Waals surface area (Å²) in [4.78, 5) is 37.5. The number of aryl methyl sites for hydroxylation is 1. The zero-order valence-corrected chi connectivity index (χ0v) is 21.2. The van der Waals surface area contributed by atoms with Crippen LogP contribution in [0.3, 0.4) is 0 Å². The van der Waals surface area contributed by atoms with Gasteiger partial charge in [-0.2, -0.15) is 13.2 Å². The molecule has 11 heteroatoms. The molecule has 0 radical (unpaired) electrons. The number of piperidine rings is 1. The SMILES string of the molecule is Cc1nc2nc(C(F)(F)F)c(C(C)Oc3ccc(C(=O)N4CCCC5(CCCOC5)C4)cc3)cc2c(=O)[nH]1. The summed E-state index contributed by atoms with van der Waals surface area (Å²) in [5.74, 6) is 0.366. The highest BCUT2D eigenvalue weighted by atomic mass is 19.4. The summed E-state index contributed by atoms with van der Waals surface area (Å²) in [6.07, 6.45) is -1.84. The molecule has 2 fully saturated rings. The summed E-state index contributed by atoms with van der Waals surface area (Å²) in [5.41, 5.74) is -1.80. The van der Waals surface area contributed by atoms with Crippen molar-refractivity contribution in [1.82, 2.24) is 19.9 Å². The lowest BCUT2D eigenvalue weighted by Gasteiger charge is -2.44. The number of nitrogens with one attached hydrogen (secondary N) is 1. The maximum atomic E-state index is 13.8. The summed E-state index contributed by atoms with van der Waals surface area (Å²) in [6.45, 7) is 5.70. The number of pyridine rings is 1. The smallest absolute Gasteiger partial charge is 0.433 e. The van der Waals surface area contributed by atoms with Gasteiger partial charge in [-0.1, -0.05) is 0 Å². The van der Waals surface area contributed by atoms with E-state index >= 15 is 0 Å². The van der Waals surface area contributed by atoms with Gasteiger partial charge in [0.15, 0.2) is 11.3 Å². The number of rotatable bonds is 4. The highest BCUT2D eigenvalue weighted by molar-refractivity contribution is 5.94. The Hall–Kier alpha value is -3.47. The fraction of sp³-hybridized carbons (Fsp3) is 0.481. The van der Waals surface area contributed by atoms with Crippen LogP contribution < -0.4 is 10.3 Å². The number of halogens is 3. The standard InChI is InChI=1S/C27H29F3N4O4/c1-16(20-13-21-23(31-17(2)32-24(21)35)33-22(20)27(28,29)30)38-19-7-5-18(6-8-19)25(36)34-11-3-9-26(14-34)10-4-12-37-15-26/h5-8,13,16H,3-4,9-12,14-15H2,1-2H3,(H,31,32,33,35). The highest BCUT2D eigenvalue weighted by Gasteiger charge is 2.39. The third-order valence-corrected chi connectivity index (χ3v) is 7.32. The van der Waals surface area contributed by atoms with Crippen LogP contribution in [0, 0.1) is 12.3 Å². The van der Waals surface area contributed by atoms with Gasteiger partial charge >= 0.3 is 6.18 Å². The van der Waals surface area contributed by atoms with E-state index in [1.54, 1.807) is 24.3 Å². The van der Waals surface area contributed by atoms with Gasteiger partial charge in [0.2, 0.25) is 0 Å². The first kappa shape index (κ1) is 26.1. The van der Waals surface area contributed by atoms with Crippen molar-refractivity contribution in [3.63, 3.8) is 0 Å². The number of H-pyrrole nitrogens is 1. The second kappa shape index (κ2) is 10.0. The molecule has 2 aromatic heterocycles.